The quantitative estimate of drug-likeness (QED) is 0.741. The van der Waals surface area contributed by atoms with E-state index in [-0.39, 0.29) is 11.3 Å². The summed E-state index contributed by atoms with van der Waals surface area (Å²) in [5.41, 5.74) is -0.615. The van der Waals surface area contributed by atoms with E-state index in [1.807, 2.05) is 11.8 Å². The van der Waals surface area contributed by atoms with Gasteiger partial charge in [0.25, 0.3) is 0 Å². The lowest BCUT2D eigenvalue weighted by Gasteiger charge is -2.24. The number of nitrogens with zero attached hydrogens (tertiary/aromatic N) is 1. The summed E-state index contributed by atoms with van der Waals surface area (Å²) in [6, 6.07) is 0. The molecule has 0 spiro atoms. The lowest BCUT2D eigenvalue weighted by molar-refractivity contribution is -0.136. The maximum absolute atomic E-state index is 12.1. The van der Waals surface area contributed by atoms with Gasteiger partial charge in [0.2, 0.25) is 5.91 Å². The average Bonchev–Trinajstić information content (AvgIpc) is 3.09. The van der Waals surface area contributed by atoms with Gasteiger partial charge in [-0.25, -0.2) is 0 Å². The molecule has 2 aliphatic carbocycles. The van der Waals surface area contributed by atoms with Crippen LogP contribution in [0.4, 0.5) is 0 Å². The van der Waals surface area contributed by atoms with Crippen molar-refractivity contribution in [3.63, 3.8) is 0 Å². The maximum Gasteiger partial charge on any atom is 0.228 e. The molecule has 0 aromatic heterocycles. The average molecular weight is 209 g/mol. The minimum absolute atomic E-state index is 0.0746. The molecular weight excluding hydrogens is 190 g/mol. The number of carbonyl (C=O) groups excluding carboxylic acids is 1. The van der Waals surface area contributed by atoms with E-state index in [1.54, 1.807) is 0 Å². The van der Waals surface area contributed by atoms with Gasteiger partial charge in [-0.2, -0.15) is 0 Å². The first kappa shape index (κ1) is 9.64. The van der Waals surface area contributed by atoms with E-state index in [0.29, 0.717) is 12.5 Å². The molecule has 1 atom stereocenters. The molecule has 1 N–H and O–H groups in total. The summed E-state index contributed by atoms with van der Waals surface area (Å²) in [4.78, 5) is 14.0. The van der Waals surface area contributed by atoms with E-state index in [4.69, 9.17) is 0 Å². The molecule has 84 valence electrons. The summed E-state index contributed by atoms with van der Waals surface area (Å²) in [5.74, 6) is 0.751. The van der Waals surface area contributed by atoms with Gasteiger partial charge < -0.3 is 10.0 Å². The van der Waals surface area contributed by atoms with E-state index >= 15 is 0 Å². The van der Waals surface area contributed by atoms with Crippen LogP contribution in [0.15, 0.2) is 0 Å². The van der Waals surface area contributed by atoms with Crippen LogP contribution in [-0.4, -0.2) is 34.6 Å². The third-order valence-corrected chi connectivity index (χ3v) is 4.42. The SMILES string of the molecule is CC1(C(=O)N2CCC(O)(C3CC3)C2)CC1. The molecule has 1 aliphatic heterocycles. The molecule has 1 heterocycles. The van der Waals surface area contributed by atoms with E-state index in [0.717, 1.165) is 38.6 Å². The van der Waals surface area contributed by atoms with Crippen molar-refractivity contribution >= 4 is 5.91 Å². The summed E-state index contributed by atoms with van der Waals surface area (Å²) < 4.78 is 0. The van der Waals surface area contributed by atoms with Crippen molar-refractivity contribution in [3.05, 3.63) is 0 Å². The Morgan fingerprint density at radius 3 is 2.53 bits per heavy atom. The fourth-order valence-electron chi connectivity index (χ4n) is 2.73. The van der Waals surface area contributed by atoms with E-state index in [9.17, 15) is 9.90 Å². The van der Waals surface area contributed by atoms with E-state index in [1.165, 1.54) is 0 Å². The van der Waals surface area contributed by atoms with E-state index in [2.05, 4.69) is 0 Å². The molecule has 3 fully saturated rings. The van der Waals surface area contributed by atoms with Crippen LogP contribution in [0.1, 0.15) is 39.0 Å². The van der Waals surface area contributed by atoms with Crippen LogP contribution in [-0.2, 0) is 4.79 Å². The minimum atomic E-state index is -0.541. The molecule has 0 aromatic carbocycles. The van der Waals surface area contributed by atoms with Gasteiger partial charge >= 0.3 is 0 Å². The summed E-state index contributed by atoms with van der Waals surface area (Å²) in [6.07, 6.45) is 5.15. The summed E-state index contributed by atoms with van der Waals surface area (Å²) >= 11 is 0. The molecular formula is C12H19NO2. The fraction of sp³-hybridized carbons (Fsp3) is 0.917. The van der Waals surface area contributed by atoms with Gasteiger partial charge in [-0.05, 0) is 38.0 Å². The van der Waals surface area contributed by atoms with Crippen molar-refractivity contribution in [2.45, 2.75) is 44.6 Å². The lowest BCUT2D eigenvalue weighted by Crippen LogP contribution is -2.40. The molecule has 1 unspecified atom stereocenters. The zero-order valence-corrected chi connectivity index (χ0v) is 9.33. The molecule has 0 bridgehead atoms. The highest BCUT2D eigenvalue weighted by Gasteiger charge is 2.53. The topological polar surface area (TPSA) is 40.5 Å². The molecule has 1 amide bonds. The molecule has 0 aromatic rings. The fourth-order valence-corrected chi connectivity index (χ4v) is 2.73. The van der Waals surface area contributed by atoms with E-state index < -0.39 is 5.60 Å². The standard InChI is InChI=1S/C12H19NO2/c1-11(4-5-11)10(14)13-7-6-12(15,8-13)9-2-3-9/h9,15H,2-8H2,1H3. The Labute approximate surface area is 90.5 Å². The number of amides is 1. The number of aliphatic hydroxyl groups is 1. The molecule has 15 heavy (non-hydrogen) atoms. The smallest absolute Gasteiger partial charge is 0.228 e. The zero-order chi connectivity index (χ0) is 10.7. The Kier molecular flexibility index (Phi) is 1.77. The van der Waals surface area contributed by atoms with Crippen molar-refractivity contribution in [1.29, 1.82) is 0 Å². The van der Waals surface area contributed by atoms with Crippen molar-refractivity contribution in [1.82, 2.24) is 4.90 Å². The number of likely N-dealkylation sites (tertiary alicyclic amines) is 1. The second-order valence-electron chi connectivity index (χ2n) is 5.92. The van der Waals surface area contributed by atoms with Crippen LogP contribution in [0.2, 0.25) is 0 Å². The van der Waals surface area contributed by atoms with Crippen LogP contribution in [0.25, 0.3) is 0 Å². The Morgan fingerprint density at radius 1 is 1.33 bits per heavy atom. The first-order valence-electron chi connectivity index (χ1n) is 6.05. The first-order valence-corrected chi connectivity index (χ1v) is 6.05. The Balaban J connectivity index is 1.68. The van der Waals surface area contributed by atoms with Gasteiger partial charge in [-0.1, -0.05) is 6.92 Å². The summed E-state index contributed by atoms with van der Waals surface area (Å²) in [6.45, 7) is 3.40. The van der Waals surface area contributed by atoms with Crippen LogP contribution in [0, 0.1) is 11.3 Å². The second kappa shape index (κ2) is 2.76. The summed E-state index contributed by atoms with van der Waals surface area (Å²) in [7, 11) is 0. The highest BCUT2D eigenvalue weighted by Crippen LogP contribution is 2.49. The Bertz CT molecular complexity index is 307. The van der Waals surface area contributed by atoms with Gasteiger partial charge in [0.05, 0.1) is 5.60 Å². The van der Waals surface area contributed by atoms with Gasteiger partial charge in [0.1, 0.15) is 0 Å². The van der Waals surface area contributed by atoms with Crippen molar-refractivity contribution in [2.75, 3.05) is 13.1 Å². The maximum atomic E-state index is 12.1. The van der Waals surface area contributed by atoms with Gasteiger partial charge in [-0.15, -0.1) is 0 Å². The molecule has 3 heteroatoms. The third kappa shape index (κ3) is 1.48. The molecule has 1 saturated heterocycles. The van der Waals surface area contributed by atoms with Crippen molar-refractivity contribution in [2.24, 2.45) is 11.3 Å². The van der Waals surface area contributed by atoms with Crippen LogP contribution in [0.3, 0.4) is 0 Å². The summed E-state index contributed by atoms with van der Waals surface area (Å²) in [5, 5.41) is 10.3. The minimum Gasteiger partial charge on any atom is -0.388 e. The van der Waals surface area contributed by atoms with Crippen LogP contribution >= 0.6 is 0 Å². The van der Waals surface area contributed by atoms with Gasteiger partial charge in [-0.3, -0.25) is 4.79 Å². The molecule has 3 rings (SSSR count). The highest BCUT2D eigenvalue weighted by molar-refractivity contribution is 5.85. The predicted molar refractivity (Wildman–Crippen MR) is 56.2 cm³/mol. The van der Waals surface area contributed by atoms with Crippen molar-refractivity contribution < 1.29 is 9.90 Å². The van der Waals surface area contributed by atoms with Gasteiger partial charge in [0, 0.05) is 18.5 Å². The lowest BCUT2D eigenvalue weighted by atomic mass is 9.97. The number of β-amino-alcohol motifs (C(OH)–C–C–N with tert-alkyl or cyclic N) is 1. The highest BCUT2D eigenvalue weighted by atomic mass is 16.3. The number of rotatable bonds is 2. The molecule has 3 nitrogen and oxygen atoms in total. The Hall–Kier alpha value is -0.570. The monoisotopic (exact) mass is 209 g/mol. The largest absolute Gasteiger partial charge is 0.388 e. The van der Waals surface area contributed by atoms with Crippen molar-refractivity contribution in [3.8, 4) is 0 Å². The number of hydrogen-bond acceptors (Lipinski definition) is 2. The zero-order valence-electron chi connectivity index (χ0n) is 9.33. The number of carbonyl (C=O) groups is 1. The molecule has 3 aliphatic rings. The normalized spacial score (nSPS) is 38.1. The molecule has 2 saturated carbocycles. The van der Waals surface area contributed by atoms with Crippen LogP contribution < -0.4 is 0 Å². The number of hydrogen-bond donors (Lipinski definition) is 1. The first-order chi connectivity index (χ1) is 7.04. The van der Waals surface area contributed by atoms with Gasteiger partial charge in [0.15, 0.2) is 0 Å². The van der Waals surface area contributed by atoms with Crippen LogP contribution in [0.5, 0.6) is 0 Å². The third-order valence-electron chi connectivity index (χ3n) is 4.42. The second-order valence-corrected chi connectivity index (χ2v) is 5.92. The molecule has 0 radical (unpaired) electrons. The predicted octanol–water partition coefficient (Wildman–Crippen LogP) is 1.16. The Morgan fingerprint density at radius 2 is 2.00 bits per heavy atom.